The third kappa shape index (κ3) is 2.33. The molecule has 2 N–H and O–H groups in total. The zero-order valence-corrected chi connectivity index (χ0v) is 10.8. The lowest BCUT2D eigenvalue weighted by molar-refractivity contribution is -0.119. The molecule has 1 aliphatic heterocycles. The molecular weight excluding hydrogens is 234 g/mol. The highest BCUT2D eigenvalue weighted by molar-refractivity contribution is 7.16. The number of hydrogen-bond acceptors (Lipinski definition) is 4. The summed E-state index contributed by atoms with van der Waals surface area (Å²) in [6.45, 7) is 5.51. The summed E-state index contributed by atoms with van der Waals surface area (Å²) in [7, 11) is 0. The number of rotatable bonds is 2. The van der Waals surface area contributed by atoms with Crippen LogP contribution in [0.1, 0.15) is 22.4 Å². The Morgan fingerprint density at radius 2 is 2.35 bits per heavy atom. The molecule has 5 heteroatoms. The van der Waals surface area contributed by atoms with Gasteiger partial charge in [0.2, 0.25) is 5.91 Å². The molecule has 0 radical (unpaired) electrons. The van der Waals surface area contributed by atoms with E-state index in [4.69, 9.17) is 5.26 Å². The van der Waals surface area contributed by atoms with Crippen molar-refractivity contribution < 1.29 is 4.79 Å². The van der Waals surface area contributed by atoms with Crippen LogP contribution in [0.2, 0.25) is 0 Å². The molecule has 0 bridgehead atoms. The van der Waals surface area contributed by atoms with E-state index in [-0.39, 0.29) is 11.8 Å². The predicted octanol–water partition coefficient (Wildman–Crippen LogP) is 1.78. The lowest BCUT2D eigenvalue weighted by Gasteiger charge is -2.08. The van der Waals surface area contributed by atoms with Crippen LogP contribution in [0.25, 0.3) is 0 Å². The van der Waals surface area contributed by atoms with Gasteiger partial charge in [0.1, 0.15) is 11.1 Å². The van der Waals surface area contributed by atoms with E-state index >= 15 is 0 Å². The molecule has 1 fully saturated rings. The first-order chi connectivity index (χ1) is 8.13. The third-order valence-electron chi connectivity index (χ3n) is 3.16. The number of nitrogens with zero attached hydrogens (tertiary/aromatic N) is 1. The average molecular weight is 249 g/mol. The van der Waals surface area contributed by atoms with Gasteiger partial charge < -0.3 is 10.6 Å². The van der Waals surface area contributed by atoms with Crippen LogP contribution in [-0.2, 0) is 4.79 Å². The SMILES string of the molecule is Cc1sc(NC(=O)C2CCNC2)c(C#N)c1C. The van der Waals surface area contributed by atoms with Gasteiger partial charge in [0.15, 0.2) is 0 Å². The van der Waals surface area contributed by atoms with Gasteiger partial charge in [-0.3, -0.25) is 4.79 Å². The highest BCUT2D eigenvalue weighted by Crippen LogP contribution is 2.32. The highest BCUT2D eigenvalue weighted by atomic mass is 32.1. The average Bonchev–Trinajstić information content (AvgIpc) is 2.89. The van der Waals surface area contributed by atoms with Crippen LogP contribution < -0.4 is 10.6 Å². The summed E-state index contributed by atoms with van der Waals surface area (Å²) in [4.78, 5) is 13.0. The van der Waals surface area contributed by atoms with Gasteiger partial charge in [-0.25, -0.2) is 0 Å². The van der Waals surface area contributed by atoms with Crippen LogP contribution in [0.5, 0.6) is 0 Å². The number of carbonyl (C=O) groups is 1. The molecule has 0 spiro atoms. The fourth-order valence-corrected chi connectivity index (χ4v) is 2.96. The molecular formula is C12H15N3OS. The van der Waals surface area contributed by atoms with Gasteiger partial charge in [0.05, 0.1) is 11.5 Å². The molecule has 0 saturated carbocycles. The van der Waals surface area contributed by atoms with Gasteiger partial charge in [0.25, 0.3) is 0 Å². The molecule has 0 aromatic carbocycles. The lowest BCUT2D eigenvalue weighted by atomic mass is 10.1. The molecule has 2 heterocycles. The fraction of sp³-hybridized carbons (Fsp3) is 0.500. The van der Waals surface area contributed by atoms with Crippen molar-refractivity contribution >= 4 is 22.2 Å². The third-order valence-corrected chi connectivity index (χ3v) is 4.29. The van der Waals surface area contributed by atoms with Gasteiger partial charge in [-0.1, -0.05) is 0 Å². The maximum absolute atomic E-state index is 11.9. The molecule has 1 amide bonds. The summed E-state index contributed by atoms with van der Waals surface area (Å²) in [6.07, 6.45) is 0.872. The Kier molecular flexibility index (Phi) is 3.46. The Balaban J connectivity index is 2.16. The largest absolute Gasteiger partial charge is 0.316 e. The van der Waals surface area contributed by atoms with Gasteiger partial charge in [-0.15, -0.1) is 11.3 Å². The van der Waals surface area contributed by atoms with Crippen LogP contribution in [-0.4, -0.2) is 19.0 Å². The highest BCUT2D eigenvalue weighted by Gasteiger charge is 2.24. The Labute approximate surface area is 105 Å². The molecule has 1 saturated heterocycles. The molecule has 2 rings (SSSR count). The number of anilines is 1. The normalized spacial score (nSPS) is 19.0. The van der Waals surface area contributed by atoms with Crippen molar-refractivity contribution in [2.45, 2.75) is 20.3 Å². The zero-order valence-electron chi connectivity index (χ0n) is 9.96. The van der Waals surface area contributed by atoms with E-state index < -0.39 is 0 Å². The predicted molar refractivity (Wildman–Crippen MR) is 68.1 cm³/mol. The van der Waals surface area contributed by atoms with Gasteiger partial charge in [-0.05, 0) is 32.4 Å². The quantitative estimate of drug-likeness (QED) is 0.839. The van der Waals surface area contributed by atoms with Crippen LogP contribution in [0.4, 0.5) is 5.00 Å². The first kappa shape index (κ1) is 12.1. The zero-order chi connectivity index (χ0) is 12.4. The second-order valence-corrected chi connectivity index (χ2v) is 5.50. The minimum Gasteiger partial charge on any atom is -0.316 e. The van der Waals surface area contributed by atoms with Crippen LogP contribution in [0.15, 0.2) is 0 Å². The molecule has 0 aliphatic carbocycles. The number of nitrogens with one attached hydrogen (secondary N) is 2. The Hall–Kier alpha value is -1.38. The van der Waals surface area contributed by atoms with E-state index in [2.05, 4.69) is 16.7 Å². The minimum absolute atomic E-state index is 0.0211. The van der Waals surface area contributed by atoms with Gasteiger partial charge in [-0.2, -0.15) is 5.26 Å². The topological polar surface area (TPSA) is 64.9 Å². The number of aryl methyl sites for hydroxylation is 1. The number of thiophene rings is 1. The number of hydrogen-bond donors (Lipinski definition) is 2. The summed E-state index contributed by atoms with van der Waals surface area (Å²) >= 11 is 1.48. The summed E-state index contributed by atoms with van der Waals surface area (Å²) in [5.41, 5.74) is 1.57. The Morgan fingerprint density at radius 1 is 1.59 bits per heavy atom. The fourth-order valence-electron chi connectivity index (χ4n) is 1.94. The van der Waals surface area contributed by atoms with Gasteiger partial charge >= 0.3 is 0 Å². The standard InChI is InChI=1S/C12H15N3OS/c1-7-8(2)17-12(10(7)5-13)15-11(16)9-3-4-14-6-9/h9,14H,3-4,6H2,1-2H3,(H,15,16). The first-order valence-corrected chi connectivity index (χ1v) is 6.46. The maximum Gasteiger partial charge on any atom is 0.229 e. The maximum atomic E-state index is 11.9. The van der Waals surface area contributed by atoms with Crippen molar-refractivity contribution in [1.82, 2.24) is 5.32 Å². The van der Waals surface area contributed by atoms with Crippen LogP contribution >= 0.6 is 11.3 Å². The molecule has 1 unspecified atom stereocenters. The molecule has 1 aliphatic rings. The van der Waals surface area contributed by atoms with E-state index in [1.165, 1.54) is 11.3 Å². The van der Waals surface area contributed by atoms with E-state index in [1.54, 1.807) is 0 Å². The van der Waals surface area contributed by atoms with Crippen molar-refractivity contribution in [3.8, 4) is 6.07 Å². The van der Waals surface area contributed by atoms with E-state index in [0.717, 1.165) is 30.0 Å². The van der Waals surface area contributed by atoms with Gasteiger partial charge in [0, 0.05) is 11.4 Å². The van der Waals surface area contributed by atoms with E-state index in [9.17, 15) is 4.79 Å². The summed E-state index contributed by atoms with van der Waals surface area (Å²) in [5, 5.41) is 15.8. The van der Waals surface area contributed by atoms with Crippen molar-refractivity contribution in [3.63, 3.8) is 0 Å². The Bertz CT molecular complexity index is 481. The van der Waals surface area contributed by atoms with E-state index in [1.807, 2.05) is 13.8 Å². The van der Waals surface area contributed by atoms with Crippen molar-refractivity contribution in [1.29, 1.82) is 5.26 Å². The van der Waals surface area contributed by atoms with Crippen molar-refractivity contribution in [2.24, 2.45) is 5.92 Å². The van der Waals surface area contributed by atoms with E-state index in [0.29, 0.717) is 10.6 Å². The molecule has 90 valence electrons. The summed E-state index contributed by atoms with van der Waals surface area (Å²) in [5.74, 6) is 0.0528. The lowest BCUT2D eigenvalue weighted by Crippen LogP contribution is -2.24. The molecule has 1 aromatic rings. The summed E-state index contributed by atoms with van der Waals surface area (Å²) in [6, 6.07) is 2.16. The first-order valence-electron chi connectivity index (χ1n) is 5.65. The minimum atomic E-state index is 0.0211. The number of amides is 1. The van der Waals surface area contributed by atoms with Crippen LogP contribution in [0.3, 0.4) is 0 Å². The van der Waals surface area contributed by atoms with Crippen molar-refractivity contribution in [2.75, 3.05) is 18.4 Å². The molecule has 1 aromatic heterocycles. The van der Waals surface area contributed by atoms with Crippen LogP contribution in [0, 0.1) is 31.1 Å². The smallest absolute Gasteiger partial charge is 0.229 e. The number of nitriles is 1. The summed E-state index contributed by atoms with van der Waals surface area (Å²) < 4.78 is 0. The molecule has 17 heavy (non-hydrogen) atoms. The monoisotopic (exact) mass is 249 g/mol. The Morgan fingerprint density at radius 3 is 2.94 bits per heavy atom. The number of carbonyl (C=O) groups excluding carboxylic acids is 1. The molecule has 1 atom stereocenters. The molecule has 4 nitrogen and oxygen atoms in total. The second kappa shape index (κ2) is 4.86. The second-order valence-electron chi connectivity index (χ2n) is 4.28. The van der Waals surface area contributed by atoms with Crippen molar-refractivity contribution in [3.05, 3.63) is 16.0 Å².